The monoisotopic (exact) mass is 338 g/mol. The second kappa shape index (κ2) is 5.88. The lowest BCUT2D eigenvalue weighted by molar-refractivity contribution is 0.412. The molecule has 0 amide bonds. The van der Waals surface area contributed by atoms with Crippen molar-refractivity contribution in [2.75, 3.05) is 12.4 Å². The smallest absolute Gasteiger partial charge is 0.183 e. The average molecular weight is 339 g/mol. The summed E-state index contributed by atoms with van der Waals surface area (Å²) in [6.07, 6.45) is 0. The highest BCUT2D eigenvalue weighted by molar-refractivity contribution is 9.10. The summed E-state index contributed by atoms with van der Waals surface area (Å²) < 4.78 is 33.0. The van der Waals surface area contributed by atoms with E-state index >= 15 is 0 Å². The Morgan fingerprint density at radius 2 is 1.95 bits per heavy atom. The van der Waals surface area contributed by atoms with Crippen LogP contribution in [0.4, 0.5) is 20.2 Å². The Morgan fingerprint density at radius 3 is 2.55 bits per heavy atom. The first-order valence-electron chi connectivity index (χ1n) is 5.55. The van der Waals surface area contributed by atoms with E-state index in [0.717, 1.165) is 0 Å². The number of nitriles is 1. The number of hydrogen-bond acceptors (Lipinski definition) is 3. The summed E-state index contributed by atoms with van der Waals surface area (Å²) in [4.78, 5) is 0. The van der Waals surface area contributed by atoms with E-state index in [1.165, 1.54) is 19.2 Å². The Kier molecular flexibility index (Phi) is 4.20. The van der Waals surface area contributed by atoms with Crippen LogP contribution in [0.25, 0.3) is 0 Å². The third kappa shape index (κ3) is 2.73. The Hall–Kier alpha value is -2.13. The standard InChI is InChI=1S/C14H9BrF2N2O/c1-20-12-5-3-9(6-10(12)15)19-11-4-2-8(7-18)13(16)14(11)17/h2-6,19H,1H3. The first-order chi connectivity index (χ1) is 9.56. The second-order valence-corrected chi connectivity index (χ2v) is 4.73. The summed E-state index contributed by atoms with van der Waals surface area (Å²) in [5.74, 6) is -1.62. The lowest BCUT2D eigenvalue weighted by Gasteiger charge is -2.10. The fraction of sp³-hybridized carbons (Fsp3) is 0.0714. The number of ether oxygens (including phenoxy) is 1. The summed E-state index contributed by atoms with van der Waals surface area (Å²) in [5.41, 5.74) is 0.184. The van der Waals surface area contributed by atoms with Crippen molar-refractivity contribution < 1.29 is 13.5 Å². The van der Waals surface area contributed by atoms with Crippen LogP contribution in [0, 0.1) is 23.0 Å². The number of hydrogen-bond donors (Lipinski definition) is 1. The number of methoxy groups -OCH3 is 1. The molecule has 0 radical (unpaired) electrons. The van der Waals surface area contributed by atoms with Crippen LogP contribution >= 0.6 is 15.9 Å². The van der Waals surface area contributed by atoms with Crippen molar-refractivity contribution in [3.63, 3.8) is 0 Å². The average Bonchev–Trinajstić information content (AvgIpc) is 2.44. The van der Waals surface area contributed by atoms with Crippen molar-refractivity contribution in [3.8, 4) is 11.8 Å². The van der Waals surface area contributed by atoms with E-state index in [4.69, 9.17) is 10.00 Å². The zero-order valence-electron chi connectivity index (χ0n) is 10.4. The van der Waals surface area contributed by atoms with Crippen molar-refractivity contribution in [1.29, 1.82) is 5.26 Å². The third-order valence-electron chi connectivity index (χ3n) is 2.63. The van der Waals surface area contributed by atoms with Gasteiger partial charge in [-0.1, -0.05) is 0 Å². The zero-order chi connectivity index (χ0) is 14.7. The van der Waals surface area contributed by atoms with Gasteiger partial charge in [0.05, 0.1) is 22.8 Å². The number of benzene rings is 2. The summed E-state index contributed by atoms with van der Waals surface area (Å²) in [6, 6.07) is 9.15. The molecule has 0 aliphatic rings. The molecule has 0 heterocycles. The molecule has 0 aliphatic heterocycles. The molecular formula is C14H9BrF2N2O. The fourth-order valence-electron chi connectivity index (χ4n) is 1.63. The van der Waals surface area contributed by atoms with Crippen LogP contribution in [0.15, 0.2) is 34.8 Å². The molecular weight excluding hydrogens is 330 g/mol. The van der Waals surface area contributed by atoms with Crippen molar-refractivity contribution in [2.45, 2.75) is 0 Å². The molecule has 0 unspecified atom stereocenters. The van der Waals surface area contributed by atoms with Gasteiger partial charge in [-0.05, 0) is 46.3 Å². The van der Waals surface area contributed by atoms with Crippen molar-refractivity contribution in [3.05, 3.63) is 52.0 Å². The van der Waals surface area contributed by atoms with Crippen LogP contribution in [0.2, 0.25) is 0 Å². The summed E-state index contributed by atoms with van der Waals surface area (Å²) >= 11 is 3.30. The lowest BCUT2D eigenvalue weighted by Crippen LogP contribution is -1.99. The van der Waals surface area contributed by atoms with E-state index in [-0.39, 0.29) is 11.3 Å². The predicted molar refractivity (Wildman–Crippen MR) is 75.0 cm³/mol. The molecule has 0 bridgehead atoms. The van der Waals surface area contributed by atoms with E-state index in [1.807, 2.05) is 0 Å². The highest BCUT2D eigenvalue weighted by Crippen LogP contribution is 2.30. The zero-order valence-corrected chi connectivity index (χ0v) is 12.0. The number of halogens is 3. The van der Waals surface area contributed by atoms with Gasteiger partial charge in [0.2, 0.25) is 0 Å². The molecule has 2 rings (SSSR count). The highest BCUT2D eigenvalue weighted by Gasteiger charge is 2.13. The van der Waals surface area contributed by atoms with Crippen LogP contribution in [-0.4, -0.2) is 7.11 Å². The molecule has 0 atom stereocenters. The van der Waals surface area contributed by atoms with Crippen molar-refractivity contribution >= 4 is 27.3 Å². The minimum atomic E-state index is -1.16. The van der Waals surface area contributed by atoms with Crippen molar-refractivity contribution in [1.82, 2.24) is 0 Å². The van der Waals surface area contributed by atoms with Gasteiger partial charge in [-0.3, -0.25) is 0 Å². The van der Waals surface area contributed by atoms with E-state index in [9.17, 15) is 8.78 Å². The fourth-order valence-corrected chi connectivity index (χ4v) is 2.17. The quantitative estimate of drug-likeness (QED) is 0.904. The number of nitrogens with zero attached hydrogens (tertiary/aromatic N) is 1. The predicted octanol–water partition coefficient (Wildman–Crippen LogP) is 4.35. The lowest BCUT2D eigenvalue weighted by atomic mass is 10.2. The Morgan fingerprint density at radius 1 is 1.20 bits per heavy atom. The molecule has 0 aromatic heterocycles. The summed E-state index contributed by atoms with van der Waals surface area (Å²) in [7, 11) is 1.53. The highest BCUT2D eigenvalue weighted by atomic mass is 79.9. The molecule has 20 heavy (non-hydrogen) atoms. The van der Waals surface area contributed by atoms with Crippen molar-refractivity contribution in [2.24, 2.45) is 0 Å². The van der Waals surface area contributed by atoms with E-state index in [0.29, 0.717) is 15.9 Å². The van der Waals surface area contributed by atoms with Gasteiger partial charge in [0.15, 0.2) is 11.6 Å². The molecule has 3 nitrogen and oxygen atoms in total. The van der Waals surface area contributed by atoms with Gasteiger partial charge >= 0.3 is 0 Å². The maximum Gasteiger partial charge on any atom is 0.183 e. The topological polar surface area (TPSA) is 45.0 Å². The molecule has 102 valence electrons. The molecule has 0 saturated carbocycles. The molecule has 2 aromatic rings. The Bertz CT molecular complexity index is 698. The number of rotatable bonds is 3. The molecule has 2 aromatic carbocycles. The van der Waals surface area contributed by atoms with Gasteiger partial charge < -0.3 is 10.1 Å². The molecule has 0 saturated heterocycles. The number of anilines is 2. The minimum Gasteiger partial charge on any atom is -0.496 e. The van der Waals surface area contributed by atoms with Gasteiger partial charge in [-0.25, -0.2) is 8.78 Å². The van der Waals surface area contributed by atoms with E-state index in [2.05, 4.69) is 21.2 Å². The normalized spacial score (nSPS) is 9.95. The van der Waals surface area contributed by atoms with Crippen LogP contribution in [-0.2, 0) is 0 Å². The SMILES string of the molecule is COc1ccc(Nc2ccc(C#N)c(F)c2F)cc1Br. The molecule has 6 heteroatoms. The van der Waals surface area contributed by atoms with Gasteiger partial charge in [-0.15, -0.1) is 0 Å². The third-order valence-corrected chi connectivity index (χ3v) is 3.25. The molecule has 0 fully saturated rings. The Balaban J connectivity index is 2.34. The van der Waals surface area contributed by atoms with Crippen LogP contribution in [0.1, 0.15) is 5.56 Å². The van der Waals surface area contributed by atoms with E-state index in [1.54, 1.807) is 24.3 Å². The van der Waals surface area contributed by atoms with Gasteiger partial charge in [0.1, 0.15) is 11.8 Å². The van der Waals surface area contributed by atoms with Gasteiger partial charge in [0.25, 0.3) is 0 Å². The molecule has 0 spiro atoms. The maximum atomic E-state index is 13.8. The van der Waals surface area contributed by atoms with E-state index < -0.39 is 11.6 Å². The Labute approximate surface area is 122 Å². The minimum absolute atomic E-state index is 0.0430. The second-order valence-electron chi connectivity index (χ2n) is 3.87. The first kappa shape index (κ1) is 14.3. The maximum absolute atomic E-state index is 13.8. The summed E-state index contributed by atoms with van der Waals surface area (Å²) in [5, 5.41) is 11.4. The largest absolute Gasteiger partial charge is 0.496 e. The van der Waals surface area contributed by atoms with Gasteiger partial charge in [0, 0.05) is 5.69 Å². The van der Waals surface area contributed by atoms with Gasteiger partial charge in [-0.2, -0.15) is 5.26 Å². The molecule has 0 aliphatic carbocycles. The van der Waals surface area contributed by atoms with Crippen LogP contribution in [0.5, 0.6) is 5.75 Å². The first-order valence-corrected chi connectivity index (χ1v) is 6.34. The summed E-state index contributed by atoms with van der Waals surface area (Å²) in [6.45, 7) is 0. The van der Waals surface area contributed by atoms with Crippen LogP contribution < -0.4 is 10.1 Å². The molecule has 1 N–H and O–H groups in total. The number of nitrogens with one attached hydrogen (secondary N) is 1. The van der Waals surface area contributed by atoms with Crippen LogP contribution in [0.3, 0.4) is 0 Å².